The minimum absolute atomic E-state index is 0. The minimum Gasteiger partial charge on any atom is -0.344 e. The van der Waals surface area contributed by atoms with Crippen LogP contribution < -0.4 is 11.9 Å². The van der Waals surface area contributed by atoms with Gasteiger partial charge in [-0.05, 0) is 26.2 Å². The van der Waals surface area contributed by atoms with Gasteiger partial charge in [0.05, 0.1) is 0 Å². The summed E-state index contributed by atoms with van der Waals surface area (Å²) in [5, 5.41) is 0. The molecule has 0 amide bonds. The van der Waals surface area contributed by atoms with E-state index in [9.17, 15) is 0 Å². The predicted octanol–water partition coefficient (Wildman–Crippen LogP) is 4.27. The molecule has 0 radical (unpaired) electrons. The molecule has 0 heterocycles. The Morgan fingerprint density at radius 3 is 1.93 bits per heavy atom. The highest BCUT2D eigenvalue weighted by molar-refractivity contribution is 4.78. The van der Waals surface area contributed by atoms with Gasteiger partial charge in [0.25, 0.3) is 0 Å². The molecule has 94 valence electrons. The van der Waals surface area contributed by atoms with Crippen LogP contribution in [-0.4, -0.2) is 5.54 Å². The molecule has 0 rings (SSSR count). The average Bonchev–Trinajstić information content (AvgIpc) is 2.09. The number of unbranched alkanes of at least 4 members (excludes halogenated alkanes) is 5. The highest BCUT2D eigenvalue weighted by atomic mass is 14.7. The molecule has 0 saturated heterocycles. The van der Waals surface area contributed by atoms with E-state index in [-0.39, 0.29) is 11.7 Å². The summed E-state index contributed by atoms with van der Waals surface area (Å²) in [5.41, 5.74) is 6.04. The van der Waals surface area contributed by atoms with E-state index in [1.54, 1.807) is 0 Å². The summed E-state index contributed by atoms with van der Waals surface area (Å²) in [4.78, 5) is 0. The molecule has 0 aromatic carbocycles. The molecule has 0 aliphatic carbocycles. The van der Waals surface area contributed by atoms with Crippen LogP contribution in [0.3, 0.4) is 0 Å². The second-order valence-electron chi connectivity index (χ2n) is 5.28. The normalized spacial score (nSPS) is 13.4. The molecular weight excluding hydrogens is 184 g/mol. The number of hydrogen-bond acceptors (Lipinski definition) is 2. The van der Waals surface area contributed by atoms with Crippen molar-refractivity contribution in [3.8, 4) is 0 Å². The smallest absolute Gasteiger partial charge is 0.0123 e. The second-order valence-corrected chi connectivity index (χ2v) is 5.28. The molecule has 15 heavy (non-hydrogen) atoms. The van der Waals surface area contributed by atoms with E-state index < -0.39 is 0 Å². The Kier molecular flexibility index (Phi) is 10.6. The lowest BCUT2D eigenvalue weighted by Crippen LogP contribution is -2.39. The quantitative estimate of drug-likeness (QED) is 0.595. The fourth-order valence-electron chi connectivity index (χ4n) is 1.60. The SMILES string of the molecule is CCCCCCCCC(C)C(C)(C)N.N. The summed E-state index contributed by atoms with van der Waals surface area (Å²) in [6, 6.07) is 0. The molecule has 1 unspecified atom stereocenters. The maximum atomic E-state index is 6.04. The maximum Gasteiger partial charge on any atom is 0.0123 e. The van der Waals surface area contributed by atoms with Crippen LogP contribution in [0.4, 0.5) is 0 Å². The van der Waals surface area contributed by atoms with Crippen molar-refractivity contribution in [1.29, 1.82) is 0 Å². The third-order valence-corrected chi connectivity index (χ3v) is 3.26. The van der Waals surface area contributed by atoms with Crippen LogP contribution >= 0.6 is 0 Å². The first-order chi connectivity index (χ1) is 6.48. The fourth-order valence-corrected chi connectivity index (χ4v) is 1.60. The molecule has 0 aromatic rings. The summed E-state index contributed by atoms with van der Waals surface area (Å²) >= 11 is 0. The topological polar surface area (TPSA) is 61.0 Å². The molecule has 0 bridgehead atoms. The lowest BCUT2D eigenvalue weighted by atomic mass is 9.86. The third kappa shape index (κ3) is 10.2. The van der Waals surface area contributed by atoms with Crippen LogP contribution in [0.25, 0.3) is 0 Å². The zero-order valence-corrected chi connectivity index (χ0v) is 11.3. The van der Waals surface area contributed by atoms with Crippen molar-refractivity contribution in [3.63, 3.8) is 0 Å². The first kappa shape index (κ1) is 17.3. The summed E-state index contributed by atoms with van der Waals surface area (Å²) < 4.78 is 0. The Bertz CT molecular complexity index is 127. The van der Waals surface area contributed by atoms with E-state index in [4.69, 9.17) is 5.73 Å². The van der Waals surface area contributed by atoms with Crippen LogP contribution in [-0.2, 0) is 0 Å². The molecule has 5 N–H and O–H groups in total. The monoisotopic (exact) mass is 216 g/mol. The lowest BCUT2D eigenvalue weighted by molar-refractivity contribution is 0.316. The molecule has 1 atom stereocenters. The van der Waals surface area contributed by atoms with Gasteiger partial charge in [0.2, 0.25) is 0 Å². The van der Waals surface area contributed by atoms with Gasteiger partial charge in [0.15, 0.2) is 0 Å². The zero-order chi connectivity index (χ0) is 11.0. The number of rotatable bonds is 8. The van der Waals surface area contributed by atoms with Gasteiger partial charge in [-0.3, -0.25) is 0 Å². The maximum absolute atomic E-state index is 6.04. The summed E-state index contributed by atoms with van der Waals surface area (Å²) in [5.74, 6) is 0.647. The van der Waals surface area contributed by atoms with Gasteiger partial charge in [-0.25, -0.2) is 0 Å². The molecule has 0 fully saturated rings. The molecule has 0 aliphatic heterocycles. The van der Waals surface area contributed by atoms with Gasteiger partial charge in [0.1, 0.15) is 0 Å². The minimum atomic E-state index is 0. The predicted molar refractivity (Wildman–Crippen MR) is 70.4 cm³/mol. The van der Waals surface area contributed by atoms with Crippen LogP contribution in [0.1, 0.15) is 72.6 Å². The van der Waals surface area contributed by atoms with Gasteiger partial charge in [-0.1, -0.05) is 52.4 Å². The largest absolute Gasteiger partial charge is 0.344 e. The van der Waals surface area contributed by atoms with Crippen LogP contribution in [0.5, 0.6) is 0 Å². The highest BCUT2D eigenvalue weighted by Crippen LogP contribution is 2.20. The van der Waals surface area contributed by atoms with Gasteiger partial charge < -0.3 is 11.9 Å². The van der Waals surface area contributed by atoms with E-state index in [1.165, 1.54) is 44.9 Å². The van der Waals surface area contributed by atoms with E-state index in [1.807, 2.05) is 0 Å². The lowest BCUT2D eigenvalue weighted by Gasteiger charge is -2.27. The second kappa shape index (κ2) is 9.17. The van der Waals surface area contributed by atoms with Crippen molar-refractivity contribution in [3.05, 3.63) is 0 Å². The van der Waals surface area contributed by atoms with Crippen molar-refractivity contribution in [2.45, 2.75) is 78.2 Å². The van der Waals surface area contributed by atoms with E-state index in [0.717, 1.165) is 0 Å². The van der Waals surface area contributed by atoms with Crippen molar-refractivity contribution >= 4 is 0 Å². The molecular formula is C13H32N2. The molecule has 2 heteroatoms. The number of nitrogens with two attached hydrogens (primary N) is 1. The highest BCUT2D eigenvalue weighted by Gasteiger charge is 2.19. The Hall–Kier alpha value is -0.0800. The van der Waals surface area contributed by atoms with Gasteiger partial charge >= 0.3 is 0 Å². The van der Waals surface area contributed by atoms with Crippen molar-refractivity contribution in [1.82, 2.24) is 6.15 Å². The Morgan fingerprint density at radius 2 is 1.47 bits per heavy atom. The molecule has 0 aromatic heterocycles. The van der Waals surface area contributed by atoms with Crippen molar-refractivity contribution < 1.29 is 0 Å². The van der Waals surface area contributed by atoms with Crippen LogP contribution in [0.15, 0.2) is 0 Å². The van der Waals surface area contributed by atoms with Gasteiger partial charge in [0, 0.05) is 5.54 Å². The Morgan fingerprint density at radius 1 is 1.00 bits per heavy atom. The Balaban J connectivity index is 0. The van der Waals surface area contributed by atoms with Crippen molar-refractivity contribution in [2.24, 2.45) is 11.7 Å². The molecule has 0 saturated carbocycles. The van der Waals surface area contributed by atoms with Gasteiger partial charge in [-0.15, -0.1) is 0 Å². The first-order valence-corrected chi connectivity index (χ1v) is 6.27. The molecule has 0 aliphatic rings. The third-order valence-electron chi connectivity index (χ3n) is 3.26. The zero-order valence-electron chi connectivity index (χ0n) is 11.3. The van der Waals surface area contributed by atoms with E-state index in [2.05, 4.69) is 27.7 Å². The summed E-state index contributed by atoms with van der Waals surface area (Å²) in [7, 11) is 0. The Labute approximate surface area is 96.6 Å². The fraction of sp³-hybridized carbons (Fsp3) is 1.00. The standard InChI is InChI=1S/C13H29N.H3N/c1-5-6-7-8-9-10-11-12(2)13(3,4)14;/h12H,5-11,14H2,1-4H3;1H3. The van der Waals surface area contributed by atoms with E-state index >= 15 is 0 Å². The van der Waals surface area contributed by atoms with E-state index in [0.29, 0.717) is 5.92 Å². The van der Waals surface area contributed by atoms with Crippen LogP contribution in [0.2, 0.25) is 0 Å². The summed E-state index contributed by atoms with van der Waals surface area (Å²) in [6.45, 7) is 8.80. The summed E-state index contributed by atoms with van der Waals surface area (Å²) in [6.07, 6.45) is 9.59. The van der Waals surface area contributed by atoms with Gasteiger partial charge in [-0.2, -0.15) is 0 Å². The first-order valence-electron chi connectivity index (χ1n) is 6.27. The van der Waals surface area contributed by atoms with Crippen molar-refractivity contribution in [2.75, 3.05) is 0 Å². The molecule has 2 nitrogen and oxygen atoms in total. The average molecular weight is 216 g/mol. The molecule has 0 spiro atoms. The van der Waals surface area contributed by atoms with Crippen LogP contribution in [0, 0.1) is 5.92 Å². The number of hydrogen-bond donors (Lipinski definition) is 2.